The number of hydrogen-bond acceptors (Lipinski definition) is 2. The zero-order valence-corrected chi connectivity index (χ0v) is 12.0. The molecule has 0 saturated heterocycles. The van der Waals surface area contributed by atoms with Crippen molar-refractivity contribution in [2.75, 3.05) is 0 Å². The first-order valence-corrected chi connectivity index (χ1v) is 7.81. The van der Waals surface area contributed by atoms with Crippen LogP contribution in [0.25, 0.3) is 41.8 Å². The topological polar surface area (TPSA) is 12.9 Å². The van der Waals surface area contributed by atoms with Crippen LogP contribution in [0.15, 0.2) is 66.9 Å². The Bertz CT molecular complexity index is 1140. The molecule has 0 aliphatic carbocycles. The molecule has 0 spiro atoms. The second-order valence-electron chi connectivity index (χ2n) is 5.28. The molecule has 0 saturated carbocycles. The Morgan fingerprint density at radius 3 is 2.48 bits per heavy atom. The van der Waals surface area contributed by atoms with Gasteiger partial charge in [-0.15, -0.1) is 11.3 Å². The number of para-hydroxylation sites is 1. The lowest BCUT2D eigenvalue weighted by molar-refractivity contribution is 1.45. The largest absolute Gasteiger partial charge is 0.256 e. The van der Waals surface area contributed by atoms with E-state index in [9.17, 15) is 0 Å². The lowest BCUT2D eigenvalue weighted by Crippen LogP contribution is -1.81. The highest BCUT2D eigenvalue weighted by molar-refractivity contribution is 7.26. The Labute approximate surface area is 125 Å². The Hall–Kier alpha value is -2.45. The van der Waals surface area contributed by atoms with Crippen molar-refractivity contribution in [3.63, 3.8) is 0 Å². The first kappa shape index (κ1) is 11.2. The lowest BCUT2D eigenvalue weighted by Gasteiger charge is -2.04. The van der Waals surface area contributed by atoms with Crippen molar-refractivity contribution in [2.24, 2.45) is 0 Å². The normalized spacial score (nSPS) is 11.8. The first-order chi connectivity index (χ1) is 10.4. The van der Waals surface area contributed by atoms with Crippen molar-refractivity contribution in [3.8, 4) is 0 Å². The number of hydrogen-bond donors (Lipinski definition) is 0. The van der Waals surface area contributed by atoms with Gasteiger partial charge in [-0.05, 0) is 12.1 Å². The van der Waals surface area contributed by atoms with Crippen LogP contribution in [0.5, 0.6) is 0 Å². The maximum Gasteiger partial charge on any atom is 0.0708 e. The molecule has 0 aliphatic heterocycles. The molecule has 2 heteroatoms. The van der Waals surface area contributed by atoms with Crippen molar-refractivity contribution >= 4 is 53.2 Å². The van der Waals surface area contributed by atoms with E-state index >= 15 is 0 Å². The molecule has 0 N–H and O–H groups in total. The third-order valence-corrected chi connectivity index (χ3v) is 5.30. The van der Waals surface area contributed by atoms with Gasteiger partial charge in [0, 0.05) is 42.5 Å². The molecular weight excluding hydrogens is 274 g/mol. The lowest BCUT2D eigenvalue weighted by atomic mass is 10.0. The molecule has 21 heavy (non-hydrogen) atoms. The summed E-state index contributed by atoms with van der Waals surface area (Å²) in [6, 6.07) is 21.5. The predicted molar refractivity (Wildman–Crippen MR) is 92.1 cm³/mol. The molecule has 5 aromatic rings. The highest BCUT2D eigenvalue weighted by Crippen LogP contribution is 2.40. The summed E-state index contributed by atoms with van der Waals surface area (Å²) in [7, 11) is 0. The average Bonchev–Trinajstić information content (AvgIpc) is 2.93. The van der Waals surface area contributed by atoms with Crippen LogP contribution < -0.4 is 0 Å². The molecule has 0 amide bonds. The maximum atomic E-state index is 4.57. The number of pyridine rings is 1. The summed E-state index contributed by atoms with van der Waals surface area (Å²) < 4.78 is 2.72. The van der Waals surface area contributed by atoms with Crippen LogP contribution >= 0.6 is 11.3 Å². The van der Waals surface area contributed by atoms with E-state index in [0.717, 1.165) is 5.52 Å². The zero-order chi connectivity index (χ0) is 13.8. The van der Waals surface area contributed by atoms with Crippen LogP contribution in [-0.4, -0.2) is 4.98 Å². The molecule has 0 atom stereocenters. The highest BCUT2D eigenvalue weighted by Gasteiger charge is 2.10. The fourth-order valence-corrected chi connectivity index (χ4v) is 4.40. The Kier molecular flexibility index (Phi) is 2.15. The van der Waals surface area contributed by atoms with Gasteiger partial charge in [0.25, 0.3) is 0 Å². The van der Waals surface area contributed by atoms with Gasteiger partial charge in [0.15, 0.2) is 0 Å². The molecule has 3 aromatic carbocycles. The number of rotatable bonds is 0. The molecule has 0 bridgehead atoms. The van der Waals surface area contributed by atoms with Gasteiger partial charge in [-0.25, -0.2) is 0 Å². The summed E-state index contributed by atoms with van der Waals surface area (Å²) in [6.07, 6.45) is 1.99. The van der Waals surface area contributed by atoms with Crippen molar-refractivity contribution in [2.45, 2.75) is 0 Å². The average molecular weight is 285 g/mol. The molecular formula is C19H11NS. The van der Waals surface area contributed by atoms with Crippen molar-refractivity contribution in [1.29, 1.82) is 0 Å². The standard InChI is InChI=1S/C19H11NS/c1-3-7-16-15(6-1)18-12(11-20-16)9-10-14-13-5-2-4-8-17(13)21-19(14)18/h1-11H. The molecule has 2 heterocycles. The van der Waals surface area contributed by atoms with Crippen LogP contribution in [-0.2, 0) is 0 Å². The minimum atomic E-state index is 1.06. The quantitative estimate of drug-likeness (QED) is 0.330. The van der Waals surface area contributed by atoms with E-state index in [1.807, 2.05) is 23.6 Å². The van der Waals surface area contributed by atoms with Gasteiger partial charge in [-0.1, -0.05) is 48.5 Å². The molecule has 0 fully saturated rings. The molecule has 5 rings (SSSR count). The molecule has 0 unspecified atom stereocenters. The summed E-state index contributed by atoms with van der Waals surface area (Å²) >= 11 is 1.88. The van der Waals surface area contributed by atoms with E-state index in [1.54, 1.807) is 0 Å². The third kappa shape index (κ3) is 1.48. The second kappa shape index (κ2) is 4.03. The van der Waals surface area contributed by atoms with Crippen molar-refractivity contribution in [1.82, 2.24) is 4.98 Å². The van der Waals surface area contributed by atoms with E-state index in [1.165, 1.54) is 36.3 Å². The molecule has 98 valence electrons. The minimum absolute atomic E-state index is 1.06. The van der Waals surface area contributed by atoms with Crippen molar-refractivity contribution in [3.05, 3.63) is 66.9 Å². The smallest absolute Gasteiger partial charge is 0.0708 e. The third-order valence-electron chi connectivity index (χ3n) is 4.10. The SMILES string of the molecule is c1ccc2c(c1)ncc1ccc3c4ccccc4sc3c12. The van der Waals surface area contributed by atoms with Gasteiger partial charge >= 0.3 is 0 Å². The Balaban J connectivity index is 2.14. The summed E-state index contributed by atoms with van der Waals surface area (Å²) in [5.74, 6) is 0. The summed E-state index contributed by atoms with van der Waals surface area (Å²) in [5, 5.41) is 6.49. The highest BCUT2D eigenvalue weighted by atomic mass is 32.1. The molecule has 0 radical (unpaired) electrons. The van der Waals surface area contributed by atoms with Crippen molar-refractivity contribution < 1.29 is 0 Å². The first-order valence-electron chi connectivity index (χ1n) is 6.99. The van der Waals surface area contributed by atoms with Crippen LogP contribution in [0, 0.1) is 0 Å². The van der Waals surface area contributed by atoms with Crippen LogP contribution in [0.2, 0.25) is 0 Å². The summed E-state index contributed by atoms with van der Waals surface area (Å²) in [4.78, 5) is 4.57. The number of nitrogens with zero attached hydrogens (tertiary/aromatic N) is 1. The number of benzene rings is 3. The number of aromatic nitrogens is 1. The van der Waals surface area contributed by atoms with Gasteiger partial charge in [-0.3, -0.25) is 4.98 Å². The van der Waals surface area contributed by atoms with E-state index in [0.29, 0.717) is 0 Å². The van der Waals surface area contributed by atoms with Gasteiger partial charge in [-0.2, -0.15) is 0 Å². The zero-order valence-electron chi connectivity index (χ0n) is 11.2. The fraction of sp³-hybridized carbons (Fsp3) is 0. The summed E-state index contributed by atoms with van der Waals surface area (Å²) in [6.45, 7) is 0. The summed E-state index contributed by atoms with van der Waals surface area (Å²) in [5.41, 5.74) is 1.06. The van der Waals surface area contributed by atoms with Gasteiger partial charge in [0.05, 0.1) is 5.52 Å². The van der Waals surface area contributed by atoms with E-state index < -0.39 is 0 Å². The van der Waals surface area contributed by atoms with Gasteiger partial charge in [0.1, 0.15) is 0 Å². The van der Waals surface area contributed by atoms with Gasteiger partial charge in [0.2, 0.25) is 0 Å². The fourth-order valence-electron chi connectivity index (χ4n) is 3.13. The molecule has 1 nitrogen and oxygen atoms in total. The van der Waals surface area contributed by atoms with Gasteiger partial charge < -0.3 is 0 Å². The second-order valence-corrected chi connectivity index (χ2v) is 6.33. The predicted octanol–water partition coefficient (Wildman–Crippen LogP) is 5.76. The van der Waals surface area contributed by atoms with Crippen LogP contribution in [0.1, 0.15) is 0 Å². The Morgan fingerprint density at radius 2 is 1.52 bits per heavy atom. The monoisotopic (exact) mass is 285 g/mol. The molecule has 0 aliphatic rings. The molecule has 2 aromatic heterocycles. The Morgan fingerprint density at radius 1 is 0.714 bits per heavy atom. The number of fused-ring (bicyclic) bond motifs is 7. The van der Waals surface area contributed by atoms with E-state index in [4.69, 9.17) is 0 Å². The van der Waals surface area contributed by atoms with Crippen LogP contribution in [0.4, 0.5) is 0 Å². The van der Waals surface area contributed by atoms with E-state index in [2.05, 4.69) is 59.6 Å². The minimum Gasteiger partial charge on any atom is -0.256 e. The van der Waals surface area contributed by atoms with Crippen LogP contribution in [0.3, 0.4) is 0 Å². The maximum absolute atomic E-state index is 4.57. The van der Waals surface area contributed by atoms with E-state index in [-0.39, 0.29) is 0 Å². The number of thiophene rings is 1.